The lowest BCUT2D eigenvalue weighted by Crippen LogP contribution is -2.16. The van der Waals surface area contributed by atoms with Crippen molar-refractivity contribution < 1.29 is 13.6 Å². The van der Waals surface area contributed by atoms with Crippen molar-refractivity contribution in [2.45, 2.75) is 6.42 Å². The van der Waals surface area contributed by atoms with Crippen molar-refractivity contribution in [1.29, 1.82) is 0 Å². The molecule has 182 valence electrons. The van der Waals surface area contributed by atoms with Crippen LogP contribution in [0.4, 0.5) is 17.4 Å². The molecular weight excluding hydrogens is 466 g/mol. The number of carbonyl (C=O) groups is 1. The van der Waals surface area contributed by atoms with Gasteiger partial charge in [0, 0.05) is 35.7 Å². The first-order valence-electron chi connectivity index (χ1n) is 11.8. The van der Waals surface area contributed by atoms with Crippen LogP contribution in [-0.2, 0) is 4.79 Å². The highest BCUT2D eigenvalue weighted by molar-refractivity contribution is 5.96. The van der Waals surface area contributed by atoms with Gasteiger partial charge in [0.15, 0.2) is 5.58 Å². The Hall–Kier alpha value is -4.95. The predicted molar refractivity (Wildman–Crippen MR) is 145 cm³/mol. The van der Waals surface area contributed by atoms with Crippen molar-refractivity contribution >= 4 is 56.1 Å². The molecule has 2 heterocycles. The van der Waals surface area contributed by atoms with Gasteiger partial charge in [0.1, 0.15) is 16.9 Å². The molecule has 0 fully saturated rings. The molecule has 8 heteroatoms. The van der Waals surface area contributed by atoms with Gasteiger partial charge in [-0.25, -0.2) is 4.99 Å². The highest BCUT2D eigenvalue weighted by atomic mass is 16.4. The van der Waals surface area contributed by atoms with Gasteiger partial charge >= 0.3 is 0 Å². The lowest BCUT2D eigenvalue weighted by molar-refractivity contribution is -0.116. The standard InChI is InChI=1S/C29H23N5O3/c30-11-10-28(35)33-21-7-3-6-20(15-21)32-24-16-25(19-8-9-23-27(14-19)37-29(31)34-23)36-26-13-18-5-2-1-4-17(18)12-22(24)26/h1-9,12-16H,10-11,30H2,(H2,31,34)(H,33,35). The van der Waals surface area contributed by atoms with E-state index in [0.29, 0.717) is 40.4 Å². The number of benzene rings is 4. The number of carbonyl (C=O) groups excluding carboxylic acids is 1. The number of nitrogens with one attached hydrogen (secondary N) is 1. The third kappa shape index (κ3) is 4.53. The Labute approximate surface area is 211 Å². The van der Waals surface area contributed by atoms with Crippen molar-refractivity contribution in [3.63, 3.8) is 0 Å². The van der Waals surface area contributed by atoms with Gasteiger partial charge in [0.05, 0.1) is 11.0 Å². The summed E-state index contributed by atoms with van der Waals surface area (Å²) in [5, 5.41) is 6.59. The number of hydrogen-bond acceptors (Lipinski definition) is 7. The molecule has 8 nitrogen and oxygen atoms in total. The Bertz CT molecular complexity index is 1870. The van der Waals surface area contributed by atoms with Crippen molar-refractivity contribution in [2.75, 3.05) is 17.6 Å². The fourth-order valence-corrected chi connectivity index (χ4v) is 4.33. The van der Waals surface area contributed by atoms with Crippen molar-refractivity contribution in [3.8, 4) is 11.3 Å². The van der Waals surface area contributed by atoms with Crippen LogP contribution in [0.15, 0.2) is 98.8 Å². The molecule has 0 aliphatic heterocycles. The molecule has 0 radical (unpaired) electrons. The molecule has 0 spiro atoms. The molecule has 6 aromatic rings. The molecule has 0 aliphatic rings. The molecule has 37 heavy (non-hydrogen) atoms. The molecule has 5 N–H and O–H groups in total. The third-order valence-electron chi connectivity index (χ3n) is 6.05. The molecule has 4 aromatic carbocycles. The molecule has 6 rings (SSSR count). The summed E-state index contributed by atoms with van der Waals surface area (Å²) in [7, 11) is 0. The first kappa shape index (κ1) is 22.5. The Morgan fingerprint density at radius 2 is 1.73 bits per heavy atom. The number of nitrogens with two attached hydrogens (primary N) is 2. The van der Waals surface area contributed by atoms with Crippen LogP contribution in [0.2, 0.25) is 0 Å². The topological polar surface area (TPSA) is 133 Å². The van der Waals surface area contributed by atoms with Crippen molar-refractivity contribution in [1.82, 2.24) is 4.98 Å². The fraction of sp³-hybridized carbons (Fsp3) is 0.0690. The summed E-state index contributed by atoms with van der Waals surface area (Å²) < 4.78 is 11.9. The zero-order chi connectivity index (χ0) is 25.4. The number of nitrogens with zero attached hydrogens (tertiary/aromatic N) is 2. The Morgan fingerprint density at radius 1 is 0.892 bits per heavy atom. The normalized spacial score (nSPS) is 12.0. The van der Waals surface area contributed by atoms with E-state index in [4.69, 9.17) is 25.3 Å². The van der Waals surface area contributed by atoms with E-state index < -0.39 is 0 Å². The van der Waals surface area contributed by atoms with Crippen LogP contribution in [0.1, 0.15) is 6.42 Å². The minimum atomic E-state index is -0.138. The molecule has 2 aromatic heterocycles. The van der Waals surface area contributed by atoms with Gasteiger partial charge in [0.25, 0.3) is 6.01 Å². The molecule has 0 atom stereocenters. The summed E-state index contributed by atoms with van der Waals surface area (Å²) in [5.41, 5.74) is 15.3. The summed E-state index contributed by atoms with van der Waals surface area (Å²) in [6, 6.07) is 27.2. The summed E-state index contributed by atoms with van der Waals surface area (Å²) in [4.78, 5) is 21.1. The lowest BCUT2D eigenvalue weighted by atomic mass is 10.1. The predicted octanol–water partition coefficient (Wildman–Crippen LogP) is 5.50. The quantitative estimate of drug-likeness (QED) is 0.274. The lowest BCUT2D eigenvalue weighted by Gasteiger charge is -2.08. The SMILES string of the molecule is NCCC(=O)Nc1cccc(N=c2cc(-c3ccc4nc(N)oc4c3)oc3cc4ccccc4cc23)c1. The van der Waals surface area contributed by atoms with Gasteiger partial charge in [0.2, 0.25) is 5.91 Å². The van der Waals surface area contributed by atoms with E-state index in [1.807, 2.05) is 72.8 Å². The van der Waals surface area contributed by atoms with E-state index in [2.05, 4.69) is 22.4 Å². The van der Waals surface area contributed by atoms with Crippen LogP contribution in [-0.4, -0.2) is 17.4 Å². The second-order valence-electron chi connectivity index (χ2n) is 8.67. The number of oxazole rings is 1. The Kier molecular flexibility index (Phi) is 5.63. The van der Waals surface area contributed by atoms with E-state index in [1.54, 1.807) is 0 Å². The smallest absolute Gasteiger partial charge is 0.292 e. The van der Waals surface area contributed by atoms with E-state index in [0.717, 1.165) is 27.1 Å². The van der Waals surface area contributed by atoms with Gasteiger partial charge in [-0.1, -0.05) is 30.3 Å². The van der Waals surface area contributed by atoms with E-state index in [9.17, 15) is 4.79 Å². The molecule has 0 unspecified atom stereocenters. The molecule has 0 saturated carbocycles. The van der Waals surface area contributed by atoms with Gasteiger partial charge in [-0.2, -0.15) is 4.98 Å². The summed E-state index contributed by atoms with van der Waals surface area (Å²) in [6.45, 7) is 0.290. The Morgan fingerprint density at radius 3 is 2.57 bits per heavy atom. The van der Waals surface area contributed by atoms with E-state index in [1.165, 1.54) is 0 Å². The monoisotopic (exact) mass is 489 g/mol. The average Bonchev–Trinajstić information content (AvgIpc) is 3.27. The molecule has 0 bridgehead atoms. The van der Waals surface area contributed by atoms with Crippen LogP contribution < -0.4 is 22.1 Å². The maximum absolute atomic E-state index is 12.0. The number of fused-ring (bicyclic) bond motifs is 3. The minimum Gasteiger partial charge on any atom is -0.456 e. The second kappa shape index (κ2) is 9.25. The van der Waals surface area contributed by atoms with E-state index in [-0.39, 0.29) is 18.3 Å². The van der Waals surface area contributed by atoms with Crippen LogP contribution in [0.5, 0.6) is 0 Å². The summed E-state index contributed by atoms with van der Waals surface area (Å²) in [5.74, 6) is 0.478. The van der Waals surface area contributed by atoms with Gasteiger partial charge < -0.3 is 25.6 Å². The zero-order valence-electron chi connectivity index (χ0n) is 19.8. The number of rotatable bonds is 5. The molecule has 0 aliphatic carbocycles. The highest BCUT2D eigenvalue weighted by Crippen LogP contribution is 2.29. The number of aromatic nitrogens is 1. The first-order chi connectivity index (χ1) is 18.1. The van der Waals surface area contributed by atoms with Gasteiger partial charge in [-0.15, -0.1) is 0 Å². The number of nitrogen functional groups attached to an aromatic ring is 1. The van der Waals surface area contributed by atoms with Crippen molar-refractivity contribution in [2.24, 2.45) is 10.7 Å². The maximum atomic E-state index is 12.0. The number of amides is 1. The number of hydrogen-bond donors (Lipinski definition) is 3. The largest absolute Gasteiger partial charge is 0.456 e. The summed E-state index contributed by atoms with van der Waals surface area (Å²) >= 11 is 0. The maximum Gasteiger partial charge on any atom is 0.292 e. The van der Waals surface area contributed by atoms with Crippen LogP contribution in [0.3, 0.4) is 0 Å². The van der Waals surface area contributed by atoms with Crippen LogP contribution in [0.25, 0.3) is 44.2 Å². The minimum absolute atomic E-state index is 0.114. The first-order valence-corrected chi connectivity index (χ1v) is 11.8. The van der Waals surface area contributed by atoms with Gasteiger partial charge in [-0.3, -0.25) is 4.79 Å². The Balaban J connectivity index is 1.54. The average molecular weight is 490 g/mol. The van der Waals surface area contributed by atoms with Crippen molar-refractivity contribution in [3.05, 3.63) is 90.3 Å². The molecular formula is C29H23N5O3. The molecule has 0 saturated heterocycles. The molecule has 1 amide bonds. The van der Waals surface area contributed by atoms with E-state index >= 15 is 0 Å². The van der Waals surface area contributed by atoms with Crippen LogP contribution in [0, 0.1) is 0 Å². The fourth-order valence-electron chi connectivity index (χ4n) is 4.33. The van der Waals surface area contributed by atoms with Gasteiger partial charge in [-0.05, 0) is 59.3 Å². The second-order valence-corrected chi connectivity index (χ2v) is 8.67. The zero-order valence-corrected chi connectivity index (χ0v) is 19.8. The third-order valence-corrected chi connectivity index (χ3v) is 6.05. The number of anilines is 2. The van der Waals surface area contributed by atoms with Crippen LogP contribution >= 0.6 is 0 Å². The highest BCUT2D eigenvalue weighted by Gasteiger charge is 2.11. The summed E-state index contributed by atoms with van der Waals surface area (Å²) in [6.07, 6.45) is 0.254.